The molecule has 0 saturated carbocycles. The highest BCUT2D eigenvalue weighted by Gasteiger charge is 2.29. The van der Waals surface area contributed by atoms with Crippen LogP contribution in [0.2, 0.25) is 0 Å². The quantitative estimate of drug-likeness (QED) is 0.877. The second-order valence-corrected chi connectivity index (χ2v) is 4.02. The van der Waals surface area contributed by atoms with Crippen molar-refractivity contribution in [3.63, 3.8) is 0 Å². The fraction of sp³-hybridized carbons (Fsp3) is 0.455. The zero-order valence-corrected chi connectivity index (χ0v) is 11.1. The Hall–Kier alpha value is -2.39. The van der Waals surface area contributed by atoms with E-state index in [0.29, 0.717) is 6.54 Å². The highest BCUT2D eigenvalue weighted by Crippen LogP contribution is 2.17. The summed E-state index contributed by atoms with van der Waals surface area (Å²) >= 11 is 0. The first kappa shape index (κ1) is 15.0. The van der Waals surface area contributed by atoms with Crippen LogP contribution in [0.5, 0.6) is 6.01 Å². The number of halogens is 3. The van der Waals surface area contributed by atoms with Crippen LogP contribution < -0.4 is 10.1 Å². The number of hydrogen-bond donors (Lipinski definition) is 1. The number of alkyl halides is 3. The van der Waals surface area contributed by atoms with Crippen molar-refractivity contribution in [2.75, 3.05) is 18.5 Å². The number of aromatic nitrogens is 5. The van der Waals surface area contributed by atoms with Gasteiger partial charge in [-0.25, -0.2) is 4.68 Å². The van der Waals surface area contributed by atoms with E-state index in [0.717, 1.165) is 6.42 Å². The Balaban J connectivity index is 2.24. The van der Waals surface area contributed by atoms with Crippen LogP contribution in [0.15, 0.2) is 18.5 Å². The van der Waals surface area contributed by atoms with Crippen LogP contribution in [0.1, 0.15) is 13.3 Å². The molecule has 2 aromatic heterocycles. The number of hydrogen-bond acceptors (Lipinski definition) is 6. The maximum absolute atomic E-state index is 12.2. The zero-order valence-electron chi connectivity index (χ0n) is 11.1. The molecule has 0 saturated heterocycles. The fourth-order valence-electron chi connectivity index (χ4n) is 1.36. The molecule has 10 heteroatoms. The molecule has 114 valence electrons. The van der Waals surface area contributed by atoms with Crippen molar-refractivity contribution in [2.24, 2.45) is 0 Å². The Bertz CT molecular complexity index is 572. The van der Waals surface area contributed by atoms with Gasteiger partial charge in [-0.2, -0.15) is 33.2 Å². The van der Waals surface area contributed by atoms with E-state index in [1.54, 1.807) is 12.3 Å². The summed E-state index contributed by atoms with van der Waals surface area (Å²) < 4.78 is 42.4. The van der Waals surface area contributed by atoms with Crippen LogP contribution in [0.3, 0.4) is 0 Å². The average Bonchev–Trinajstić information content (AvgIpc) is 2.96. The maximum Gasteiger partial charge on any atom is 0.422 e. The molecule has 0 fully saturated rings. The molecule has 0 unspecified atom stereocenters. The molecular weight excluding hydrogens is 289 g/mol. The number of rotatable bonds is 6. The molecule has 21 heavy (non-hydrogen) atoms. The lowest BCUT2D eigenvalue weighted by Gasteiger charge is -2.10. The van der Waals surface area contributed by atoms with Crippen LogP contribution in [0.4, 0.5) is 19.1 Å². The predicted molar refractivity (Wildman–Crippen MR) is 67.3 cm³/mol. The molecule has 0 spiro atoms. The minimum Gasteiger partial charge on any atom is -0.454 e. The third-order valence-electron chi connectivity index (χ3n) is 2.21. The molecule has 0 aromatic carbocycles. The van der Waals surface area contributed by atoms with Gasteiger partial charge >= 0.3 is 12.2 Å². The predicted octanol–water partition coefficient (Wildman–Crippen LogP) is 1.82. The summed E-state index contributed by atoms with van der Waals surface area (Å²) in [5, 5.41) is 6.79. The summed E-state index contributed by atoms with van der Waals surface area (Å²) in [6, 6.07) is 1.23. The van der Waals surface area contributed by atoms with Crippen molar-refractivity contribution in [1.82, 2.24) is 24.7 Å². The minimum absolute atomic E-state index is 0.0748. The van der Waals surface area contributed by atoms with Gasteiger partial charge < -0.3 is 10.1 Å². The second-order valence-electron chi connectivity index (χ2n) is 4.02. The molecule has 2 heterocycles. The van der Waals surface area contributed by atoms with E-state index in [-0.39, 0.29) is 11.9 Å². The number of anilines is 1. The van der Waals surface area contributed by atoms with Gasteiger partial charge in [0.1, 0.15) is 0 Å². The molecule has 0 aliphatic rings. The normalized spacial score (nSPS) is 11.4. The van der Waals surface area contributed by atoms with Gasteiger partial charge in [0.15, 0.2) is 6.61 Å². The van der Waals surface area contributed by atoms with E-state index >= 15 is 0 Å². The third kappa shape index (κ3) is 4.58. The Morgan fingerprint density at radius 2 is 2.10 bits per heavy atom. The number of ether oxygens (including phenoxy) is 1. The highest BCUT2D eigenvalue weighted by atomic mass is 19.4. The second kappa shape index (κ2) is 6.37. The van der Waals surface area contributed by atoms with Gasteiger partial charge in [-0.3, -0.25) is 0 Å². The third-order valence-corrected chi connectivity index (χ3v) is 2.21. The Morgan fingerprint density at radius 1 is 1.29 bits per heavy atom. The van der Waals surface area contributed by atoms with Crippen molar-refractivity contribution >= 4 is 5.95 Å². The van der Waals surface area contributed by atoms with E-state index in [1.807, 2.05) is 6.92 Å². The van der Waals surface area contributed by atoms with Crippen molar-refractivity contribution in [2.45, 2.75) is 19.5 Å². The van der Waals surface area contributed by atoms with E-state index in [4.69, 9.17) is 0 Å². The first-order chi connectivity index (χ1) is 9.98. The van der Waals surface area contributed by atoms with Gasteiger partial charge in [-0.15, -0.1) is 0 Å². The summed E-state index contributed by atoms with van der Waals surface area (Å²) in [5.41, 5.74) is 0. The van der Waals surface area contributed by atoms with E-state index in [9.17, 15) is 13.2 Å². The minimum atomic E-state index is -4.46. The summed E-state index contributed by atoms with van der Waals surface area (Å²) in [5.74, 6) is 0.209. The molecule has 1 N–H and O–H groups in total. The molecule has 2 aromatic rings. The lowest BCUT2D eigenvalue weighted by atomic mass is 10.5. The lowest BCUT2D eigenvalue weighted by Crippen LogP contribution is -2.21. The zero-order chi connectivity index (χ0) is 15.3. The van der Waals surface area contributed by atoms with Crippen molar-refractivity contribution in [3.8, 4) is 12.0 Å². The van der Waals surface area contributed by atoms with Crippen LogP contribution in [-0.4, -0.2) is 44.1 Å². The number of nitrogens with one attached hydrogen (secondary N) is 1. The SMILES string of the molecule is CCCNc1nc(OCC(F)(F)F)nc(-n2cccn2)n1. The van der Waals surface area contributed by atoms with Crippen LogP contribution >= 0.6 is 0 Å². The van der Waals surface area contributed by atoms with Gasteiger partial charge in [-0.05, 0) is 12.5 Å². The molecule has 0 amide bonds. The summed E-state index contributed by atoms with van der Waals surface area (Å²) in [6.45, 7) is 1.04. The number of nitrogens with zero attached hydrogens (tertiary/aromatic N) is 5. The summed E-state index contributed by atoms with van der Waals surface area (Å²) in [4.78, 5) is 11.7. The van der Waals surface area contributed by atoms with Gasteiger partial charge in [0, 0.05) is 18.9 Å². The van der Waals surface area contributed by atoms with Crippen LogP contribution in [-0.2, 0) is 0 Å². The summed E-state index contributed by atoms with van der Waals surface area (Å²) in [6.07, 6.45) is -0.595. The Labute approximate surface area is 118 Å². The Morgan fingerprint density at radius 3 is 2.71 bits per heavy atom. The van der Waals surface area contributed by atoms with Crippen molar-refractivity contribution in [1.29, 1.82) is 0 Å². The van der Waals surface area contributed by atoms with E-state index in [1.165, 1.54) is 10.9 Å². The lowest BCUT2D eigenvalue weighted by molar-refractivity contribution is -0.154. The topological polar surface area (TPSA) is 77.8 Å². The van der Waals surface area contributed by atoms with Crippen LogP contribution in [0, 0.1) is 0 Å². The van der Waals surface area contributed by atoms with E-state index in [2.05, 4.69) is 30.1 Å². The van der Waals surface area contributed by atoms with Crippen LogP contribution in [0.25, 0.3) is 5.95 Å². The first-order valence-corrected chi connectivity index (χ1v) is 6.17. The summed E-state index contributed by atoms with van der Waals surface area (Å²) in [7, 11) is 0. The smallest absolute Gasteiger partial charge is 0.422 e. The highest BCUT2D eigenvalue weighted by molar-refractivity contribution is 5.29. The molecule has 0 atom stereocenters. The average molecular weight is 302 g/mol. The van der Waals surface area contributed by atoms with Gasteiger partial charge in [-0.1, -0.05) is 6.92 Å². The monoisotopic (exact) mass is 302 g/mol. The molecular formula is C11H13F3N6O. The van der Waals surface area contributed by atoms with E-state index < -0.39 is 18.8 Å². The molecule has 2 rings (SSSR count). The van der Waals surface area contributed by atoms with Crippen molar-refractivity contribution < 1.29 is 17.9 Å². The fourth-order valence-corrected chi connectivity index (χ4v) is 1.36. The molecule has 7 nitrogen and oxygen atoms in total. The molecule has 0 bridgehead atoms. The Kier molecular flexibility index (Phi) is 4.55. The molecule has 0 aliphatic carbocycles. The van der Waals surface area contributed by atoms with Gasteiger partial charge in [0.2, 0.25) is 5.95 Å². The first-order valence-electron chi connectivity index (χ1n) is 6.17. The maximum atomic E-state index is 12.2. The molecule has 0 aliphatic heterocycles. The standard InChI is InChI=1S/C11H13F3N6O/c1-2-4-15-8-17-9(20-6-3-5-16-20)19-10(18-8)21-7-11(12,13)14/h3,5-6H,2,4,7H2,1H3,(H,15,17,18,19). The van der Waals surface area contributed by atoms with Gasteiger partial charge in [0.05, 0.1) is 0 Å². The molecule has 0 radical (unpaired) electrons. The van der Waals surface area contributed by atoms with Gasteiger partial charge in [0.25, 0.3) is 5.95 Å². The van der Waals surface area contributed by atoms with Crippen molar-refractivity contribution in [3.05, 3.63) is 18.5 Å². The largest absolute Gasteiger partial charge is 0.454 e.